The number of rotatable bonds is 9. The zero-order chi connectivity index (χ0) is 22.6. The van der Waals surface area contributed by atoms with Crippen molar-refractivity contribution in [2.75, 3.05) is 39.3 Å². The molecule has 31 heavy (non-hydrogen) atoms. The fraction of sp³-hybridized carbons (Fsp3) is 0.609. The Labute approximate surface area is 185 Å². The monoisotopic (exact) mass is 432 g/mol. The molecule has 2 atom stereocenters. The summed E-state index contributed by atoms with van der Waals surface area (Å²) in [6.07, 6.45) is 0.957. The van der Waals surface area contributed by atoms with Crippen LogP contribution < -0.4 is 10.6 Å². The van der Waals surface area contributed by atoms with Crippen LogP contribution in [-0.4, -0.2) is 73.0 Å². The summed E-state index contributed by atoms with van der Waals surface area (Å²) in [7, 11) is 0. The molecule has 1 heterocycles. The van der Waals surface area contributed by atoms with Crippen molar-refractivity contribution in [1.29, 1.82) is 0 Å². The Hall–Kier alpha value is -2.61. The van der Waals surface area contributed by atoms with E-state index in [9.17, 15) is 14.4 Å². The molecule has 1 fully saturated rings. The number of likely N-dealkylation sites (N-methyl/N-ethyl adjacent to an activating group) is 1. The Balaban J connectivity index is 1.92. The van der Waals surface area contributed by atoms with Crippen LogP contribution in [0.3, 0.4) is 0 Å². The van der Waals surface area contributed by atoms with Gasteiger partial charge < -0.3 is 20.3 Å². The topological polar surface area (TPSA) is 91.0 Å². The van der Waals surface area contributed by atoms with Crippen molar-refractivity contribution >= 4 is 17.9 Å². The van der Waals surface area contributed by atoms with Gasteiger partial charge in [-0.25, -0.2) is 4.79 Å². The summed E-state index contributed by atoms with van der Waals surface area (Å²) in [6, 6.07) is 8.80. The van der Waals surface area contributed by atoms with E-state index in [1.165, 1.54) is 0 Å². The Morgan fingerprint density at radius 3 is 2.48 bits per heavy atom. The summed E-state index contributed by atoms with van der Waals surface area (Å²) < 4.78 is 5.33. The zero-order valence-electron chi connectivity index (χ0n) is 18.9. The van der Waals surface area contributed by atoms with Crippen molar-refractivity contribution in [1.82, 2.24) is 20.4 Å². The molecule has 0 radical (unpaired) electrons. The van der Waals surface area contributed by atoms with Crippen molar-refractivity contribution < 1.29 is 19.1 Å². The van der Waals surface area contributed by atoms with E-state index in [0.29, 0.717) is 32.7 Å². The van der Waals surface area contributed by atoms with Crippen LogP contribution in [0.2, 0.25) is 0 Å². The van der Waals surface area contributed by atoms with E-state index in [-0.39, 0.29) is 24.3 Å². The van der Waals surface area contributed by atoms with Gasteiger partial charge in [0, 0.05) is 32.7 Å². The average Bonchev–Trinajstić information content (AvgIpc) is 3.01. The molecule has 2 N–H and O–H groups in total. The molecule has 3 amide bonds. The maximum Gasteiger partial charge on any atom is 0.408 e. The van der Waals surface area contributed by atoms with E-state index >= 15 is 0 Å². The smallest absolute Gasteiger partial charge is 0.408 e. The second-order valence-corrected chi connectivity index (χ2v) is 7.98. The molecule has 0 spiro atoms. The third kappa shape index (κ3) is 8.20. The van der Waals surface area contributed by atoms with Gasteiger partial charge in [0.2, 0.25) is 11.8 Å². The molecule has 0 saturated carbocycles. The third-order valence-electron chi connectivity index (χ3n) is 5.61. The highest BCUT2D eigenvalue weighted by Gasteiger charge is 2.31. The normalized spacial score (nSPS) is 16.7. The highest BCUT2D eigenvalue weighted by Crippen LogP contribution is 2.14. The Bertz CT molecular complexity index is 713. The molecule has 1 saturated heterocycles. The number of hydrogen-bond acceptors (Lipinski definition) is 5. The predicted molar refractivity (Wildman–Crippen MR) is 119 cm³/mol. The van der Waals surface area contributed by atoms with Gasteiger partial charge in [-0.15, -0.1) is 0 Å². The predicted octanol–water partition coefficient (Wildman–Crippen LogP) is 2.00. The molecule has 1 aromatic carbocycles. The van der Waals surface area contributed by atoms with Gasteiger partial charge in [0.25, 0.3) is 0 Å². The van der Waals surface area contributed by atoms with Gasteiger partial charge in [0.05, 0.1) is 6.54 Å². The van der Waals surface area contributed by atoms with Crippen LogP contribution in [0.4, 0.5) is 4.79 Å². The van der Waals surface area contributed by atoms with Crippen molar-refractivity contribution in [3.05, 3.63) is 35.9 Å². The number of carbonyl (C=O) groups excluding carboxylic acids is 3. The van der Waals surface area contributed by atoms with Crippen LogP contribution >= 0.6 is 0 Å². The molecular weight excluding hydrogens is 396 g/mol. The van der Waals surface area contributed by atoms with Crippen LogP contribution in [0.15, 0.2) is 30.3 Å². The van der Waals surface area contributed by atoms with Gasteiger partial charge in [-0.3, -0.25) is 14.5 Å². The number of ether oxygens (including phenoxy) is 1. The van der Waals surface area contributed by atoms with Crippen LogP contribution in [0.25, 0.3) is 0 Å². The number of nitrogens with one attached hydrogen (secondary N) is 2. The average molecular weight is 433 g/mol. The summed E-state index contributed by atoms with van der Waals surface area (Å²) in [6.45, 7) is 9.51. The fourth-order valence-corrected chi connectivity index (χ4v) is 3.58. The first kappa shape index (κ1) is 24.7. The molecule has 0 bridgehead atoms. The summed E-state index contributed by atoms with van der Waals surface area (Å²) >= 11 is 0. The highest BCUT2D eigenvalue weighted by molar-refractivity contribution is 5.86. The maximum atomic E-state index is 13.3. The lowest BCUT2D eigenvalue weighted by Gasteiger charge is -2.29. The van der Waals surface area contributed by atoms with Crippen LogP contribution in [0, 0.1) is 5.92 Å². The van der Waals surface area contributed by atoms with Crippen molar-refractivity contribution in [2.45, 2.75) is 46.3 Å². The van der Waals surface area contributed by atoms with Gasteiger partial charge in [-0.1, -0.05) is 50.6 Å². The molecule has 172 valence electrons. The Morgan fingerprint density at radius 1 is 1.06 bits per heavy atom. The first-order chi connectivity index (χ1) is 14.9. The minimum Gasteiger partial charge on any atom is -0.445 e. The summed E-state index contributed by atoms with van der Waals surface area (Å²) in [5.74, 6) is -0.111. The van der Waals surface area contributed by atoms with E-state index in [2.05, 4.69) is 15.5 Å². The molecule has 8 heteroatoms. The standard InChI is InChI=1S/C23H36N4O4/c1-4-18(3)21(25-23(30)31-17-19-10-7-6-8-11-19)22(29)27-13-9-12-26(14-15-27)16-20(28)24-5-2/h6-8,10-11,18,21H,4-5,9,12-17H2,1-3H3,(H,24,28)(H,25,30)/t18-,21-/m0/s1. The van der Waals surface area contributed by atoms with E-state index in [1.54, 1.807) is 4.90 Å². The highest BCUT2D eigenvalue weighted by atomic mass is 16.5. The summed E-state index contributed by atoms with van der Waals surface area (Å²) in [5, 5.41) is 5.60. The molecule has 0 unspecified atom stereocenters. The fourth-order valence-electron chi connectivity index (χ4n) is 3.58. The summed E-state index contributed by atoms with van der Waals surface area (Å²) in [5.41, 5.74) is 0.892. The van der Waals surface area contributed by atoms with Gasteiger partial charge in [-0.2, -0.15) is 0 Å². The summed E-state index contributed by atoms with van der Waals surface area (Å²) in [4.78, 5) is 41.4. The molecular formula is C23H36N4O4. The molecule has 8 nitrogen and oxygen atoms in total. The minimum absolute atomic E-state index is 0.00239. The van der Waals surface area contributed by atoms with Crippen LogP contribution in [0.5, 0.6) is 0 Å². The molecule has 2 rings (SSSR count). The Kier molecular flexibility index (Phi) is 10.3. The quantitative estimate of drug-likeness (QED) is 0.623. The SMILES string of the molecule is CCNC(=O)CN1CCCN(C(=O)[C@@H](NC(=O)OCc2ccccc2)[C@@H](C)CC)CC1. The lowest BCUT2D eigenvalue weighted by molar-refractivity contribution is -0.134. The number of carbonyl (C=O) groups is 3. The maximum absolute atomic E-state index is 13.3. The van der Waals surface area contributed by atoms with E-state index < -0.39 is 12.1 Å². The Morgan fingerprint density at radius 2 is 1.81 bits per heavy atom. The first-order valence-corrected chi connectivity index (χ1v) is 11.2. The number of nitrogens with zero attached hydrogens (tertiary/aromatic N) is 2. The molecule has 1 aliphatic rings. The lowest BCUT2D eigenvalue weighted by atomic mass is 9.98. The van der Waals surface area contributed by atoms with Gasteiger partial charge in [0.15, 0.2) is 0 Å². The largest absolute Gasteiger partial charge is 0.445 e. The molecule has 0 aromatic heterocycles. The van der Waals surface area contributed by atoms with Crippen molar-refractivity contribution in [2.24, 2.45) is 5.92 Å². The second-order valence-electron chi connectivity index (χ2n) is 7.98. The lowest BCUT2D eigenvalue weighted by Crippen LogP contribution is -2.52. The van der Waals surface area contributed by atoms with Gasteiger partial charge in [-0.05, 0) is 24.8 Å². The van der Waals surface area contributed by atoms with E-state index in [0.717, 1.165) is 24.9 Å². The number of alkyl carbamates (subject to hydrolysis) is 1. The molecule has 0 aliphatic carbocycles. The zero-order valence-corrected chi connectivity index (χ0v) is 18.9. The van der Waals surface area contributed by atoms with Gasteiger partial charge >= 0.3 is 6.09 Å². The second kappa shape index (κ2) is 12.9. The van der Waals surface area contributed by atoms with Crippen molar-refractivity contribution in [3.63, 3.8) is 0 Å². The third-order valence-corrected chi connectivity index (χ3v) is 5.61. The minimum atomic E-state index is -0.636. The van der Waals surface area contributed by atoms with Gasteiger partial charge in [0.1, 0.15) is 12.6 Å². The van der Waals surface area contributed by atoms with Crippen LogP contribution in [-0.2, 0) is 20.9 Å². The molecule has 1 aromatic rings. The van der Waals surface area contributed by atoms with E-state index in [4.69, 9.17) is 4.74 Å². The van der Waals surface area contributed by atoms with Crippen LogP contribution in [0.1, 0.15) is 39.2 Å². The number of amides is 3. The van der Waals surface area contributed by atoms with Crippen molar-refractivity contribution in [3.8, 4) is 0 Å². The first-order valence-electron chi connectivity index (χ1n) is 11.2. The molecule has 1 aliphatic heterocycles. The van der Waals surface area contributed by atoms with E-state index in [1.807, 2.05) is 51.1 Å². The number of hydrogen-bond donors (Lipinski definition) is 2. The number of benzene rings is 1.